The van der Waals surface area contributed by atoms with Crippen LogP contribution in [0.3, 0.4) is 0 Å². The first-order valence-electron chi connectivity index (χ1n) is 7.98. The summed E-state index contributed by atoms with van der Waals surface area (Å²) >= 11 is 6.85. The molecule has 2 aromatic rings. The zero-order valence-corrected chi connectivity index (χ0v) is 17.1. The van der Waals surface area contributed by atoms with Gasteiger partial charge in [-0.05, 0) is 42.1 Å². The molecule has 0 radical (unpaired) electrons. The summed E-state index contributed by atoms with van der Waals surface area (Å²) < 4.78 is 28.8. The van der Waals surface area contributed by atoms with Crippen LogP contribution >= 0.6 is 22.9 Å². The second kappa shape index (κ2) is 9.67. The third kappa shape index (κ3) is 6.04. The molecule has 0 fully saturated rings. The van der Waals surface area contributed by atoms with E-state index in [0.29, 0.717) is 5.02 Å². The quantitative estimate of drug-likeness (QED) is 0.677. The minimum atomic E-state index is -3.52. The number of methoxy groups -OCH3 is 1. The van der Waals surface area contributed by atoms with Crippen molar-refractivity contribution in [2.24, 2.45) is 0 Å². The van der Waals surface area contributed by atoms with Gasteiger partial charge in [0, 0.05) is 11.4 Å². The molecule has 0 saturated carbocycles. The van der Waals surface area contributed by atoms with Gasteiger partial charge in [-0.3, -0.25) is 14.9 Å². The number of sulfone groups is 1. The van der Waals surface area contributed by atoms with Crippen molar-refractivity contribution in [1.29, 1.82) is 0 Å². The highest BCUT2D eigenvalue weighted by molar-refractivity contribution is 7.91. The molecule has 8 nitrogen and oxygen atoms in total. The molecule has 0 unspecified atom stereocenters. The largest absolute Gasteiger partial charge is 0.453 e. The minimum Gasteiger partial charge on any atom is -0.453 e. The van der Waals surface area contributed by atoms with Crippen molar-refractivity contribution >= 4 is 55.7 Å². The number of thiophene rings is 1. The predicted octanol–water partition coefficient (Wildman–Crippen LogP) is 3.09. The molecule has 2 rings (SSSR count). The van der Waals surface area contributed by atoms with Gasteiger partial charge < -0.3 is 10.1 Å². The average Bonchev–Trinajstić information content (AvgIpc) is 3.09. The lowest BCUT2D eigenvalue weighted by molar-refractivity contribution is -0.116. The first-order valence-corrected chi connectivity index (χ1v) is 10.9. The van der Waals surface area contributed by atoms with Crippen LogP contribution in [0.1, 0.15) is 23.2 Å². The maximum atomic E-state index is 12.2. The van der Waals surface area contributed by atoms with Gasteiger partial charge >= 0.3 is 6.09 Å². The Morgan fingerprint density at radius 2 is 1.82 bits per heavy atom. The van der Waals surface area contributed by atoms with Gasteiger partial charge in [0.2, 0.25) is 5.91 Å². The summed E-state index contributed by atoms with van der Waals surface area (Å²) in [5.74, 6) is -1.36. The maximum absolute atomic E-state index is 12.2. The highest BCUT2D eigenvalue weighted by Gasteiger charge is 2.19. The number of alkyl carbamates (subject to hydrolysis) is 1. The molecule has 0 aliphatic rings. The SMILES string of the molecule is COC(=O)NC(=O)c1ccsc1NC(=O)CCCS(=O)(=O)c1ccc(Cl)cc1. The topological polar surface area (TPSA) is 119 Å². The summed E-state index contributed by atoms with van der Waals surface area (Å²) in [5.41, 5.74) is 0.109. The van der Waals surface area contributed by atoms with Gasteiger partial charge in [0.15, 0.2) is 9.84 Å². The molecule has 1 heterocycles. The van der Waals surface area contributed by atoms with Crippen molar-refractivity contribution < 1.29 is 27.5 Å². The molecule has 0 spiro atoms. The summed E-state index contributed by atoms with van der Waals surface area (Å²) in [6, 6.07) is 7.24. The van der Waals surface area contributed by atoms with Crippen molar-refractivity contribution in [3.63, 3.8) is 0 Å². The van der Waals surface area contributed by atoms with Crippen molar-refractivity contribution in [2.45, 2.75) is 17.7 Å². The number of carbonyl (C=O) groups excluding carboxylic acids is 3. The standard InChI is InChI=1S/C17H17ClN2O6S2/c1-26-17(23)20-15(22)13-8-9-27-16(13)19-14(21)3-2-10-28(24,25)12-6-4-11(18)5-7-12/h4-9H,2-3,10H2,1H3,(H,19,21)(H,20,22,23). The lowest BCUT2D eigenvalue weighted by Gasteiger charge is -2.07. The molecule has 3 amide bonds. The molecule has 0 aliphatic heterocycles. The second-order valence-corrected chi connectivity index (χ2v) is 9.00. The summed E-state index contributed by atoms with van der Waals surface area (Å²) in [5, 5.41) is 6.81. The fourth-order valence-corrected chi connectivity index (χ4v) is 4.41. The molecular weight excluding hydrogens is 428 g/mol. The summed E-state index contributed by atoms with van der Waals surface area (Å²) in [6.45, 7) is 0. The lowest BCUT2D eigenvalue weighted by Crippen LogP contribution is -2.30. The Labute approximate surface area is 170 Å². The number of rotatable bonds is 7. The summed E-state index contributed by atoms with van der Waals surface area (Å²) in [6.07, 6.45) is -0.866. The number of imide groups is 1. The molecule has 0 saturated heterocycles. The molecule has 0 atom stereocenters. The van der Waals surface area contributed by atoms with Crippen LogP contribution < -0.4 is 10.6 Å². The molecule has 0 aliphatic carbocycles. The van der Waals surface area contributed by atoms with Gasteiger partial charge in [0.1, 0.15) is 5.00 Å². The number of ether oxygens (including phenoxy) is 1. The van der Waals surface area contributed by atoms with Gasteiger partial charge in [-0.15, -0.1) is 11.3 Å². The fraction of sp³-hybridized carbons (Fsp3) is 0.235. The molecule has 1 aromatic carbocycles. The Morgan fingerprint density at radius 3 is 2.46 bits per heavy atom. The fourth-order valence-electron chi connectivity index (χ4n) is 2.17. The number of anilines is 1. The van der Waals surface area contributed by atoms with Crippen LogP contribution in [-0.2, 0) is 19.4 Å². The molecule has 1 aromatic heterocycles. The van der Waals surface area contributed by atoms with Gasteiger partial charge in [-0.1, -0.05) is 11.6 Å². The third-order valence-electron chi connectivity index (χ3n) is 3.55. The molecule has 28 heavy (non-hydrogen) atoms. The number of nitrogens with one attached hydrogen (secondary N) is 2. The van der Waals surface area contributed by atoms with E-state index in [2.05, 4.69) is 10.1 Å². The number of benzene rings is 1. The number of amides is 3. The normalized spacial score (nSPS) is 10.9. The van der Waals surface area contributed by atoms with E-state index in [1.54, 1.807) is 5.38 Å². The van der Waals surface area contributed by atoms with Gasteiger partial charge in [-0.25, -0.2) is 13.2 Å². The second-order valence-electron chi connectivity index (χ2n) is 5.53. The van der Waals surface area contributed by atoms with Gasteiger partial charge in [0.05, 0.1) is 23.3 Å². The van der Waals surface area contributed by atoms with E-state index in [-0.39, 0.29) is 34.1 Å². The zero-order chi connectivity index (χ0) is 20.7. The molecular formula is C17H17ClN2O6S2. The first-order chi connectivity index (χ1) is 13.2. The first kappa shape index (κ1) is 21.9. The Bertz CT molecular complexity index is 970. The molecule has 11 heteroatoms. The van der Waals surface area contributed by atoms with Crippen LogP contribution in [0.2, 0.25) is 5.02 Å². The monoisotopic (exact) mass is 444 g/mol. The van der Waals surface area contributed by atoms with E-state index in [9.17, 15) is 22.8 Å². The van der Waals surface area contributed by atoms with Crippen molar-refractivity contribution in [1.82, 2.24) is 5.32 Å². The van der Waals surface area contributed by atoms with E-state index in [1.165, 1.54) is 30.3 Å². The average molecular weight is 445 g/mol. The smallest absolute Gasteiger partial charge is 0.413 e. The Kier molecular flexibility index (Phi) is 7.55. The minimum absolute atomic E-state index is 0.0528. The maximum Gasteiger partial charge on any atom is 0.413 e. The molecule has 2 N–H and O–H groups in total. The zero-order valence-electron chi connectivity index (χ0n) is 14.7. The lowest BCUT2D eigenvalue weighted by atomic mass is 10.3. The number of carbonyl (C=O) groups is 3. The van der Waals surface area contributed by atoms with Crippen LogP contribution in [0.5, 0.6) is 0 Å². The van der Waals surface area contributed by atoms with Gasteiger partial charge in [0.25, 0.3) is 5.91 Å². The highest BCUT2D eigenvalue weighted by Crippen LogP contribution is 2.23. The Balaban J connectivity index is 1.90. The van der Waals surface area contributed by atoms with E-state index >= 15 is 0 Å². The Hall–Kier alpha value is -2.43. The van der Waals surface area contributed by atoms with E-state index in [4.69, 9.17) is 11.6 Å². The van der Waals surface area contributed by atoms with Crippen molar-refractivity contribution in [3.05, 3.63) is 46.3 Å². The number of hydrogen-bond donors (Lipinski definition) is 2. The highest BCUT2D eigenvalue weighted by atomic mass is 35.5. The van der Waals surface area contributed by atoms with Crippen LogP contribution in [0.25, 0.3) is 0 Å². The predicted molar refractivity (Wildman–Crippen MR) is 106 cm³/mol. The van der Waals surface area contributed by atoms with Crippen molar-refractivity contribution in [2.75, 3.05) is 18.2 Å². The van der Waals surface area contributed by atoms with E-state index in [0.717, 1.165) is 18.4 Å². The summed E-state index contributed by atoms with van der Waals surface area (Å²) in [7, 11) is -2.40. The molecule has 0 bridgehead atoms. The van der Waals surface area contributed by atoms with Crippen molar-refractivity contribution in [3.8, 4) is 0 Å². The number of hydrogen-bond acceptors (Lipinski definition) is 7. The summed E-state index contributed by atoms with van der Waals surface area (Å²) in [4.78, 5) is 35.3. The van der Waals surface area contributed by atoms with E-state index in [1.807, 2.05) is 5.32 Å². The third-order valence-corrected chi connectivity index (χ3v) is 6.45. The van der Waals surface area contributed by atoms with Gasteiger partial charge in [-0.2, -0.15) is 0 Å². The number of halogens is 1. The van der Waals surface area contributed by atoms with Crippen LogP contribution in [-0.4, -0.2) is 39.2 Å². The Morgan fingerprint density at radius 1 is 1.14 bits per heavy atom. The van der Waals surface area contributed by atoms with Crippen LogP contribution in [0.15, 0.2) is 40.6 Å². The van der Waals surface area contributed by atoms with Crippen LogP contribution in [0.4, 0.5) is 9.80 Å². The van der Waals surface area contributed by atoms with E-state index < -0.39 is 27.7 Å². The molecule has 150 valence electrons. The van der Waals surface area contributed by atoms with Crippen LogP contribution in [0, 0.1) is 0 Å².